The molecule has 7 heteroatoms. The van der Waals surface area contributed by atoms with Crippen LogP contribution in [-0.2, 0) is 7.05 Å². The van der Waals surface area contributed by atoms with Gasteiger partial charge in [-0.15, -0.1) is 5.10 Å². The van der Waals surface area contributed by atoms with E-state index in [1.54, 1.807) is 0 Å². The van der Waals surface area contributed by atoms with Gasteiger partial charge < -0.3 is 10.6 Å². The van der Waals surface area contributed by atoms with E-state index in [1.807, 2.05) is 34.9 Å². The number of nitrogens with two attached hydrogens (primary N) is 1. The molecule has 0 unspecified atom stereocenters. The SMILES string of the molecule is Cn1nncc1N1CCC(n2ccc(N)n2)CC1. The van der Waals surface area contributed by atoms with Crippen LogP contribution in [0.2, 0.25) is 0 Å². The lowest BCUT2D eigenvalue weighted by Gasteiger charge is -2.32. The van der Waals surface area contributed by atoms with E-state index in [0.29, 0.717) is 11.9 Å². The second-order valence-electron chi connectivity index (χ2n) is 4.65. The van der Waals surface area contributed by atoms with Crippen molar-refractivity contribution in [2.75, 3.05) is 23.7 Å². The highest BCUT2D eigenvalue weighted by atomic mass is 15.5. The molecule has 1 aliphatic rings. The Hall–Kier alpha value is -2.05. The molecule has 0 aromatic carbocycles. The van der Waals surface area contributed by atoms with Crippen molar-refractivity contribution in [3.05, 3.63) is 18.5 Å². The van der Waals surface area contributed by atoms with Crippen molar-refractivity contribution < 1.29 is 0 Å². The number of hydrogen-bond acceptors (Lipinski definition) is 5. The smallest absolute Gasteiger partial charge is 0.147 e. The number of aryl methyl sites for hydroxylation is 1. The number of piperidine rings is 1. The molecule has 0 atom stereocenters. The highest BCUT2D eigenvalue weighted by Crippen LogP contribution is 2.25. The Morgan fingerprint density at radius 3 is 2.67 bits per heavy atom. The van der Waals surface area contributed by atoms with Crippen molar-refractivity contribution in [1.29, 1.82) is 0 Å². The summed E-state index contributed by atoms with van der Waals surface area (Å²) < 4.78 is 3.79. The van der Waals surface area contributed by atoms with Crippen molar-refractivity contribution in [3.8, 4) is 0 Å². The molecule has 2 aromatic rings. The molecule has 3 heterocycles. The number of aromatic nitrogens is 5. The molecule has 1 saturated heterocycles. The minimum atomic E-state index is 0.444. The monoisotopic (exact) mass is 247 g/mol. The molecule has 0 bridgehead atoms. The molecule has 96 valence electrons. The minimum Gasteiger partial charge on any atom is -0.382 e. The van der Waals surface area contributed by atoms with Gasteiger partial charge in [0.1, 0.15) is 11.6 Å². The first-order chi connectivity index (χ1) is 8.74. The van der Waals surface area contributed by atoms with E-state index in [-0.39, 0.29) is 0 Å². The lowest BCUT2D eigenvalue weighted by Crippen LogP contribution is -2.35. The number of hydrogen-bond donors (Lipinski definition) is 1. The van der Waals surface area contributed by atoms with Crippen molar-refractivity contribution in [1.82, 2.24) is 24.8 Å². The number of anilines is 2. The fourth-order valence-corrected chi connectivity index (χ4v) is 2.49. The average molecular weight is 247 g/mol. The third-order valence-corrected chi connectivity index (χ3v) is 3.48. The summed E-state index contributed by atoms with van der Waals surface area (Å²) in [4.78, 5) is 2.31. The molecule has 1 aliphatic heterocycles. The summed E-state index contributed by atoms with van der Waals surface area (Å²) >= 11 is 0. The molecule has 0 amide bonds. The number of rotatable bonds is 2. The third kappa shape index (κ3) is 1.92. The minimum absolute atomic E-state index is 0.444. The maximum atomic E-state index is 5.65. The number of nitrogens with zero attached hydrogens (tertiary/aromatic N) is 6. The summed E-state index contributed by atoms with van der Waals surface area (Å²) in [5, 5.41) is 12.2. The lowest BCUT2D eigenvalue weighted by atomic mass is 10.1. The van der Waals surface area contributed by atoms with Gasteiger partial charge in [-0.1, -0.05) is 5.21 Å². The van der Waals surface area contributed by atoms with Crippen molar-refractivity contribution in [3.63, 3.8) is 0 Å². The Morgan fingerprint density at radius 2 is 2.11 bits per heavy atom. The van der Waals surface area contributed by atoms with Crippen LogP contribution in [0, 0.1) is 0 Å². The third-order valence-electron chi connectivity index (χ3n) is 3.48. The van der Waals surface area contributed by atoms with Crippen LogP contribution in [0.25, 0.3) is 0 Å². The van der Waals surface area contributed by atoms with E-state index in [4.69, 9.17) is 5.73 Å². The van der Waals surface area contributed by atoms with E-state index < -0.39 is 0 Å². The van der Waals surface area contributed by atoms with Gasteiger partial charge in [0, 0.05) is 26.3 Å². The molecule has 2 N–H and O–H groups in total. The molecular weight excluding hydrogens is 230 g/mol. The summed E-state index contributed by atoms with van der Waals surface area (Å²) in [6, 6.07) is 2.29. The molecule has 0 aliphatic carbocycles. The van der Waals surface area contributed by atoms with Crippen LogP contribution in [-0.4, -0.2) is 37.9 Å². The zero-order valence-electron chi connectivity index (χ0n) is 10.4. The van der Waals surface area contributed by atoms with Crippen LogP contribution < -0.4 is 10.6 Å². The van der Waals surface area contributed by atoms with Gasteiger partial charge in [-0.3, -0.25) is 4.68 Å². The van der Waals surface area contributed by atoms with Crippen LogP contribution in [0.5, 0.6) is 0 Å². The molecule has 3 rings (SSSR count). The summed E-state index contributed by atoms with van der Waals surface area (Å²) in [6.07, 6.45) is 5.89. The van der Waals surface area contributed by atoms with E-state index >= 15 is 0 Å². The highest BCUT2D eigenvalue weighted by molar-refractivity contribution is 5.36. The van der Waals surface area contributed by atoms with Crippen molar-refractivity contribution >= 4 is 11.6 Å². The Balaban J connectivity index is 1.66. The zero-order chi connectivity index (χ0) is 12.5. The first kappa shape index (κ1) is 11.1. The predicted octanol–water partition coefficient (Wildman–Crippen LogP) is 0.435. The van der Waals surface area contributed by atoms with Gasteiger partial charge >= 0.3 is 0 Å². The van der Waals surface area contributed by atoms with Crippen molar-refractivity contribution in [2.24, 2.45) is 7.05 Å². The van der Waals surface area contributed by atoms with E-state index in [0.717, 1.165) is 31.7 Å². The van der Waals surface area contributed by atoms with Crippen LogP contribution in [0.3, 0.4) is 0 Å². The maximum Gasteiger partial charge on any atom is 0.147 e. The molecule has 0 saturated carbocycles. The van der Waals surface area contributed by atoms with Crippen molar-refractivity contribution in [2.45, 2.75) is 18.9 Å². The summed E-state index contributed by atoms with van der Waals surface area (Å²) in [5.41, 5.74) is 5.65. The van der Waals surface area contributed by atoms with Gasteiger partial charge in [-0.2, -0.15) is 5.10 Å². The van der Waals surface area contributed by atoms with Gasteiger partial charge in [0.05, 0.1) is 12.2 Å². The summed E-state index contributed by atoms with van der Waals surface area (Å²) in [6.45, 7) is 1.98. The Bertz CT molecular complexity index is 521. The van der Waals surface area contributed by atoms with Gasteiger partial charge in [0.25, 0.3) is 0 Å². The fourth-order valence-electron chi connectivity index (χ4n) is 2.49. The number of nitrogen functional groups attached to an aromatic ring is 1. The van der Waals surface area contributed by atoms with E-state index in [2.05, 4.69) is 20.3 Å². The summed E-state index contributed by atoms with van der Waals surface area (Å²) in [5.74, 6) is 1.67. The Morgan fingerprint density at radius 1 is 1.33 bits per heavy atom. The first-order valence-electron chi connectivity index (χ1n) is 6.14. The maximum absolute atomic E-state index is 5.65. The molecule has 7 nitrogen and oxygen atoms in total. The lowest BCUT2D eigenvalue weighted by molar-refractivity contribution is 0.365. The summed E-state index contributed by atoms with van der Waals surface area (Å²) in [7, 11) is 1.92. The molecule has 18 heavy (non-hydrogen) atoms. The average Bonchev–Trinajstić information content (AvgIpc) is 2.98. The second kappa shape index (κ2) is 4.32. The van der Waals surface area contributed by atoms with Gasteiger partial charge in [0.15, 0.2) is 0 Å². The second-order valence-corrected chi connectivity index (χ2v) is 4.65. The molecule has 0 spiro atoms. The highest BCUT2D eigenvalue weighted by Gasteiger charge is 2.22. The van der Waals surface area contributed by atoms with Crippen LogP contribution in [0.4, 0.5) is 11.6 Å². The Kier molecular flexibility index (Phi) is 2.66. The standard InChI is InChI=1S/C11H17N7/c1-16-11(8-13-15-16)17-5-2-9(3-6-17)18-7-4-10(12)14-18/h4,7-9H,2-3,5-6H2,1H3,(H2,12,14). The molecule has 1 fully saturated rings. The zero-order valence-corrected chi connectivity index (χ0v) is 10.4. The fraction of sp³-hybridized carbons (Fsp3) is 0.545. The van der Waals surface area contributed by atoms with Gasteiger partial charge in [0.2, 0.25) is 0 Å². The van der Waals surface area contributed by atoms with Crippen LogP contribution >= 0.6 is 0 Å². The predicted molar refractivity (Wildman–Crippen MR) is 68.1 cm³/mol. The molecular formula is C11H17N7. The normalized spacial score (nSPS) is 17.3. The molecule has 2 aromatic heterocycles. The molecule has 0 radical (unpaired) electrons. The van der Waals surface area contributed by atoms with Crippen LogP contribution in [0.1, 0.15) is 18.9 Å². The van der Waals surface area contributed by atoms with E-state index in [1.165, 1.54) is 0 Å². The Labute approximate surface area is 105 Å². The first-order valence-corrected chi connectivity index (χ1v) is 6.14. The largest absolute Gasteiger partial charge is 0.382 e. The van der Waals surface area contributed by atoms with Gasteiger partial charge in [-0.25, -0.2) is 4.68 Å². The quantitative estimate of drug-likeness (QED) is 0.833. The van der Waals surface area contributed by atoms with E-state index in [9.17, 15) is 0 Å². The van der Waals surface area contributed by atoms with Crippen LogP contribution in [0.15, 0.2) is 18.5 Å². The van der Waals surface area contributed by atoms with Gasteiger partial charge in [-0.05, 0) is 18.9 Å². The topological polar surface area (TPSA) is 77.8 Å².